The molecule has 2 aromatic rings. The Labute approximate surface area is 135 Å². The Hall–Kier alpha value is -2.15. The van der Waals surface area contributed by atoms with Crippen LogP contribution in [0.4, 0.5) is 18.9 Å². The van der Waals surface area contributed by atoms with Crippen LogP contribution in [0, 0.1) is 0 Å². The molecule has 0 spiro atoms. The number of ether oxygens (including phenoxy) is 1. The fraction of sp³-hybridized carbons (Fsp3) is 0.188. The normalized spacial score (nSPS) is 11.1. The second-order valence-corrected chi connectivity index (χ2v) is 5.60. The summed E-state index contributed by atoms with van der Waals surface area (Å²) in [5.41, 5.74) is 0.703. The summed E-state index contributed by atoms with van der Waals surface area (Å²) in [5, 5.41) is 2.63. The number of rotatable bonds is 5. The molecule has 2 rings (SSSR count). The van der Waals surface area contributed by atoms with E-state index >= 15 is 0 Å². The topological polar surface area (TPSA) is 38.3 Å². The molecule has 0 aromatic heterocycles. The van der Waals surface area contributed by atoms with Gasteiger partial charge in [0.1, 0.15) is 5.75 Å². The highest BCUT2D eigenvalue weighted by molar-refractivity contribution is 7.99. The largest absolute Gasteiger partial charge is 0.497 e. The molecular weight excluding hydrogens is 327 g/mol. The number of methoxy groups -OCH3 is 1. The number of para-hydroxylation sites is 1. The minimum Gasteiger partial charge on any atom is -0.497 e. The Morgan fingerprint density at radius 1 is 1.17 bits per heavy atom. The third-order valence-corrected chi connectivity index (χ3v) is 4.00. The van der Waals surface area contributed by atoms with Crippen LogP contribution in [0.2, 0.25) is 0 Å². The number of halogens is 3. The third-order valence-electron chi connectivity index (χ3n) is 2.86. The van der Waals surface area contributed by atoms with Gasteiger partial charge in [-0.2, -0.15) is 13.2 Å². The van der Waals surface area contributed by atoms with Crippen LogP contribution in [0.5, 0.6) is 5.75 Å². The molecule has 3 nitrogen and oxygen atoms in total. The first-order valence-corrected chi connectivity index (χ1v) is 7.61. The smallest absolute Gasteiger partial charge is 0.398 e. The van der Waals surface area contributed by atoms with Crippen LogP contribution in [0.15, 0.2) is 53.4 Å². The maximum absolute atomic E-state index is 12.4. The van der Waals surface area contributed by atoms with E-state index in [0.717, 1.165) is 0 Å². The molecule has 0 unspecified atom stereocenters. The van der Waals surface area contributed by atoms with E-state index in [1.54, 1.807) is 42.5 Å². The highest BCUT2D eigenvalue weighted by Crippen LogP contribution is 2.32. The van der Waals surface area contributed by atoms with Gasteiger partial charge in [-0.05, 0) is 30.3 Å². The summed E-state index contributed by atoms with van der Waals surface area (Å²) < 4.78 is 42.1. The van der Waals surface area contributed by atoms with Gasteiger partial charge in [0.05, 0.1) is 18.6 Å². The molecule has 0 bridgehead atoms. The Kier molecular flexibility index (Phi) is 5.54. The van der Waals surface area contributed by atoms with Crippen molar-refractivity contribution < 1.29 is 22.7 Å². The molecule has 0 aliphatic heterocycles. The van der Waals surface area contributed by atoms with Crippen molar-refractivity contribution in [2.45, 2.75) is 11.1 Å². The lowest BCUT2D eigenvalue weighted by Gasteiger charge is -2.12. The maximum Gasteiger partial charge on any atom is 0.398 e. The lowest BCUT2D eigenvalue weighted by atomic mass is 10.2. The molecule has 23 heavy (non-hydrogen) atoms. The second-order valence-electron chi connectivity index (χ2n) is 4.59. The Bertz CT molecular complexity index is 689. The predicted octanol–water partition coefficient (Wildman–Crippen LogP) is 4.60. The van der Waals surface area contributed by atoms with E-state index in [-0.39, 0.29) is 0 Å². The monoisotopic (exact) mass is 341 g/mol. The number of amides is 1. The summed E-state index contributed by atoms with van der Waals surface area (Å²) in [7, 11) is 1.49. The highest BCUT2D eigenvalue weighted by atomic mass is 32.2. The molecule has 1 N–H and O–H groups in total. The molecular formula is C16H14F3NO2S. The molecule has 7 heteroatoms. The van der Waals surface area contributed by atoms with Gasteiger partial charge in [0, 0.05) is 10.5 Å². The molecule has 122 valence electrons. The van der Waals surface area contributed by atoms with Crippen LogP contribution >= 0.6 is 11.8 Å². The first-order valence-electron chi connectivity index (χ1n) is 6.63. The van der Waals surface area contributed by atoms with Crippen molar-refractivity contribution >= 4 is 23.4 Å². The van der Waals surface area contributed by atoms with Crippen molar-refractivity contribution in [3.8, 4) is 5.75 Å². The number of alkyl halides is 3. The van der Waals surface area contributed by atoms with Gasteiger partial charge >= 0.3 is 6.18 Å². The van der Waals surface area contributed by atoms with Gasteiger partial charge in [-0.1, -0.05) is 18.2 Å². The number of thioether (sulfide) groups is 1. The lowest BCUT2D eigenvalue weighted by Crippen LogP contribution is -2.14. The van der Waals surface area contributed by atoms with Crippen LogP contribution in [0.1, 0.15) is 10.4 Å². The van der Waals surface area contributed by atoms with Crippen LogP contribution in [-0.4, -0.2) is 24.9 Å². The summed E-state index contributed by atoms with van der Waals surface area (Å²) in [6.45, 7) is 0. The number of carbonyl (C=O) groups is 1. The number of hydrogen-bond acceptors (Lipinski definition) is 3. The van der Waals surface area contributed by atoms with E-state index in [4.69, 9.17) is 4.74 Å². The molecule has 0 aliphatic carbocycles. The van der Waals surface area contributed by atoms with E-state index in [0.29, 0.717) is 33.7 Å². The first-order chi connectivity index (χ1) is 10.9. The predicted molar refractivity (Wildman–Crippen MR) is 84.2 cm³/mol. The van der Waals surface area contributed by atoms with Gasteiger partial charge in [0.15, 0.2) is 0 Å². The SMILES string of the molecule is COc1cccc(C(=O)Nc2ccccc2SCC(F)(F)F)c1. The van der Waals surface area contributed by atoms with Crippen LogP contribution < -0.4 is 10.1 Å². The van der Waals surface area contributed by atoms with E-state index in [1.165, 1.54) is 13.2 Å². The number of carbonyl (C=O) groups excluding carboxylic acids is 1. The third kappa shape index (κ3) is 5.21. The second kappa shape index (κ2) is 7.41. The molecule has 0 heterocycles. The van der Waals surface area contributed by atoms with Gasteiger partial charge in [-0.25, -0.2) is 0 Å². The van der Waals surface area contributed by atoms with E-state index in [1.807, 2.05) is 0 Å². The van der Waals surface area contributed by atoms with Gasteiger partial charge in [0.25, 0.3) is 5.91 Å². The molecule has 0 atom stereocenters. The summed E-state index contributed by atoms with van der Waals surface area (Å²) in [6, 6.07) is 12.9. The Morgan fingerprint density at radius 3 is 2.61 bits per heavy atom. The first kappa shape index (κ1) is 17.2. The molecule has 2 aromatic carbocycles. The average Bonchev–Trinajstić information content (AvgIpc) is 2.53. The number of anilines is 1. The number of benzene rings is 2. The van der Waals surface area contributed by atoms with Gasteiger partial charge in [-0.15, -0.1) is 11.8 Å². The van der Waals surface area contributed by atoms with Crippen molar-refractivity contribution in [3.05, 3.63) is 54.1 Å². The summed E-state index contributed by atoms with van der Waals surface area (Å²) in [4.78, 5) is 12.6. The van der Waals surface area contributed by atoms with E-state index in [2.05, 4.69) is 5.32 Å². The van der Waals surface area contributed by atoms with Crippen molar-refractivity contribution in [2.24, 2.45) is 0 Å². The van der Waals surface area contributed by atoms with Crippen molar-refractivity contribution in [1.29, 1.82) is 0 Å². The molecule has 1 amide bonds. The van der Waals surface area contributed by atoms with Crippen molar-refractivity contribution in [2.75, 3.05) is 18.2 Å². The summed E-state index contributed by atoms with van der Waals surface area (Å²) in [6.07, 6.45) is -4.27. The zero-order valence-corrected chi connectivity index (χ0v) is 13.0. The van der Waals surface area contributed by atoms with Crippen molar-refractivity contribution in [1.82, 2.24) is 0 Å². The summed E-state index contributed by atoms with van der Waals surface area (Å²) >= 11 is 0.634. The highest BCUT2D eigenvalue weighted by Gasteiger charge is 2.27. The standard InChI is InChI=1S/C16H14F3NO2S/c1-22-12-6-4-5-11(9-12)15(21)20-13-7-2-3-8-14(13)23-10-16(17,18)19/h2-9H,10H2,1H3,(H,20,21). The maximum atomic E-state index is 12.4. The van der Waals surface area contributed by atoms with Crippen LogP contribution in [-0.2, 0) is 0 Å². The summed E-state index contributed by atoms with van der Waals surface area (Å²) in [5.74, 6) is -0.902. The fourth-order valence-corrected chi connectivity index (χ4v) is 2.58. The minimum atomic E-state index is -4.27. The molecule has 0 fully saturated rings. The zero-order chi connectivity index (χ0) is 16.9. The molecule has 0 saturated carbocycles. The van der Waals surface area contributed by atoms with Crippen molar-refractivity contribution in [3.63, 3.8) is 0 Å². The van der Waals surface area contributed by atoms with Gasteiger partial charge < -0.3 is 10.1 Å². The molecule has 0 saturated heterocycles. The van der Waals surface area contributed by atoms with E-state index in [9.17, 15) is 18.0 Å². The quantitative estimate of drug-likeness (QED) is 0.808. The Balaban J connectivity index is 2.14. The zero-order valence-electron chi connectivity index (χ0n) is 12.2. The van der Waals surface area contributed by atoms with Crippen LogP contribution in [0.25, 0.3) is 0 Å². The average molecular weight is 341 g/mol. The van der Waals surface area contributed by atoms with Crippen LogP contribution in [0.3, 0.4) is 0 Å². The minimum absolute atomic E-state index is 0.342. The number of nitrogens with one attached hydrogen (secondary N) is 1. The van der Waals surface area contributed by atoms with E-state index < -0.39 is 17.8 Å². The fourth-order valence-electron chi connectivity index (χ4n) is 1.81. The Morgan fingerprint density at radius 2 is 1.91 bits per heavy atom. The van der Waals surface area contributed by atoms with Gasteiger partial charge in [0.2, 0.25) is 0 Å². The lowest BCUT2D eigenvalue weighted by molar-refractivity contribution is -0.105. The van der Waals surface area contributed by atoms with Gasteiger partial charge in [-0.3, -0.25) is 4.79 Å². The number of hydrogen-bond donors (Lipinski definition) is 1. The molecule has 0 radical (unpaired) electrons. The molecule has 0 aliphatic rings.